The van der Waals surface area contributed by atoms with E-state index in [1.165, 1.54) is 5.56 Å². The highest BCUT2D eigenvalue weighted by Crippen LogP contribution is 2.30. The van der Waals surface area contributed by atoms with Crippen LogP contribution in [0.5, 0.6) is 5.75 Å². The van der Waals surface area contributed by atoms with Crippen LogP contribution < -0.4 is 4.74 Å². The summed E-state index contributed by atoms with van der Waals surface area (Å²) < 4.78 is 7.84. The van der Waals surface area contributed by atoms with Gasteiger partial charge in [0.1, 0.15) is 11.4 Å². The van der Waals surface area contributed by atoms with Crippen LogP contribution >= 0.6 is 0 Å². The first-order valence-electron chi connectivity index (χ1n) is 11.3. The van der Waals surface area contributed by atoms with Gasteiger partial charge in [-0.1, -0.05) is 54.6 Å². The van der Waals surface area contributed by atoms with E-state index in [1.807, 2.05) is 64.9 Å². The summed E-state index contributed by atoms with van der Waals surface area (Å²) in [4.78, 5) is 17.8. The van der Waals surface area contributed by atoms with Crippen molar-refractivity contribution in [3.63, 3.8) is 0 Å². The van der Waals surface area contributed by atoms with Crippen molar-refractivity contribution in [1.82, 2.24) is 14.4 Å². The molecule has 0 bridgehead atoms. The Kier molecular flexibility index (Phi) is 7.07. The molecule has 0 unspecified atom stereocenters. The van der Waals surface area contributed by atoms with E-state index in [2.05, 4.69) is 35.8 Å². The molecule has 32 heavy (non-hydrogen) atoms. The van der Waals surface area contributed by atoms with E-state index in [9.17, 15) is 4.79 Å². The third-order valence-electron chi connectivity index (χ3n) is 5.87. The standard InChI is InChI=1S/C27H31N3O2/c1-3-15-30-24-13-8-14-26(32-4-2)23(24)21-25(30)27(31)29-19-17-28(18-20-29)16-9-12-22-10-6-5-7-11-22/h3,5-14,21H,1,4,15-20H2,2H3/b12-9+. The number of carbonyl (C=O) groups excluding carboxylic acids is 1. The highest BCUT2D eigenvalue weighted by molar-refractivity contribution is 6.00. The maximum Gasteiger partial charge on any atom is 0.270 e. The molecular formula is C27H31N3O2. The average molecular weight is 430 g/mol. The molecule has 1 amide bonds. The molecule has 2 heterocycles. The predicted octanol–water partition coefficient (Wildman–Crippen LogP) is 4.70. The molecule has 3 aromatic rings. The zero-order valence-corrected chi connectivity index (χ0v) is 18.7. The van der Waals surface area contributed by atoms with Crippen molar-refractivity contribution in [2.75, 3.05) is 39.3 Å². The summed E-state index contributed by atoms with van der Waals surface area (Å²) in [6, 6.07) is 18.3. The summed E-state index contributed by atoms with van der Waals surface area (Å²) in [6.45, 7) is 11.1. The predicted molar refractivity (Wildman–Crippen MR) is 131 cm³/mol. The second-order valence-corrected chi connectivity index (χ2v) is 7.96. The van der Waals surface area contributed by atoms with Crippen molar-refractivity contribution >= 4 is 22.9 Å². The lowest BCUT2D eigenvalue weighted by Crippen LogP contribution is -2.49. The number of rotatable bonds is 8. The molecule has 1 aliphatic rings. The molecule has 5 nitrogen and oxygen atoms in total. The normalized spacial score (nSPS) is 14.8. The number of ether oxygens (including phenoxy) is 1. The molecule has 4 rings (SSSR count). The Morgan fingerprint density at radius 3 is 2.53 bits per heavy atom. The fourth-order valence-electron chi connectivity index (χ4n) is 4.24. The Morgan fingerprint density at radius 1 is 1.03 bits per heavy atom. The minimum atomic E-state index is 0.0741. The van der Waals surface area contributed by atoms with Gasteiger partial charge in [0.15, 0.2) is 0 Å². The van der Waals surface area contributed by atoms with Crippen LogP contribution in [0.25, 0.3) is 17.0 Å². The highest BCUT2D eigenvalue weighted by atomic mass is 16.5. The van der Waals surface area contributed by atoms with E-state index in [-0.39, 0.29) is 5.91 Å². The topological polar surface area (TPSA) is 37.7 Å². The summed E-state index contributed by atoms with van der Waals surface area (Å²) >= 11 is 0. The fourth-order valence-corrected chi connectivity index (χ4v) is 4.24. The third kappa shape index (κ3) is 4.78. The van der Waals surface area contributed by atoms with E-state index in [0.717, 1.165) is 49.4 Å². The summed E-state index contributed by atoms with van der Waals surface area (Å²) in [7, 11) is 0. The maximum atomic E-state index is 13.4. The van der Waals surface area contributed by atoms with Crippen LogP contribution in [0.3, 0.4) is 0 Å². The molecule has 0 spiro atoms. The maximum absolute atomic E-state index is 13.4. The molecule has 5 heteroatoms. The van der Waals surface area contributed by atoms with Crippen LogP contribution in [-0.4, -0.2) is 59.6 Å². The lowest BCUT2D eigenvalue weighted by molar-refractivity contribution is 0.0640. The van der Waals surface area contributed by atoms with E-state index >= 15 is 0 Å². The number of hydrogen-bond acceptors (Lipinski definition) is 3. The average Bonchev–Trinajstić information content (AvgIpc) is 3.20. The van der Waals surface area contributed by atoms with Gasteiger partial charge in [-0.15, -0.1) is 6.58 Å². The highest BCUT2D eigenvalue weighted by Gasteiger charge is 2.25. The summed E-state index contributed by atoms with van der Waals surface area (Å²) in [5.74, 6) is 0.891. The van der Waals surface area contributed by atoms with Gasteiger partial charge in [0, 0.05) is 44.7 Å². The van der Waals surface area contributed by atoms with Gasteiger partial charge < -0.3 is 14.2 Å². The van der Waals surface area contributed by atoms with Crippen LogP contribution in [-0.2, 0) is 6.54 Å². The lowest BCUT2D eigenvalue weighted by atomic mass is 10.2. The van der Waals surface area contributed by atoms with E-state index in [1.54, 1.807) is 0 Å². The molecule has 2 aromatic carbocycles. The molecule has 0 saturated carbocycles. The summed E-state index contributed by atoms with van der Waals surface area (Å²) in [5, 5.41) is 0.976. The monoisotopic (exact) mass is 429 g/mol. The van der Waals surface area contributed by atoms with E-state index in [0.29, 0.717) is 18.8 Å². The van der Waals surface area contributed by atoms with Crippen molar-refractivity contribution < 1.29 is 9.53 Å². The second-order valence-electron chi connectivity index (χ2n) is 7.96. The summed E-state index contributed by atoms with van der Waals surface area (Å²) in [6.07, 6.45) is 6.19. The number of allylic oxidation sites excluding steroid dienone is 1. The molecule has 0 aliphatic carbocycles. The lowest BCUT2D eigenvalue weighted by Gasteiger charge is -2.34. The van der Waals surface area contributed by atoms with Crippen molar-refractivity contribution in [2.45, 2.75) is 13.5 Å². The molecule has 1 fully saturated rings. The van der Waals surface area contributed by atoms with E-state index in [4.69, 9.17) is 4.74 Å². The minimum Gasteiger partial charge on any atom is -0.493 e. The van der Waals surface area contributed by atoms with Gasteiger partial charge in [0.25, 0.3) is 5.91 Å². The van der Waals surface area contributed by atoms with Crippen LogP contribution in [0, 0.1) is 0 Å². The van der Waals surface area contributed by atoms with Gasteiger partial charge in [-0.25, -0.2) is 0 Å². The van der Waals surface area contributed by atoms with Crippen LogP contribution in [0.15, 0.2) is 73.3 Å². The number of nitrogens with zero attached hydrogens (tertiary/aromatic N) is 3. The SMILES string of the molecule is C=CCn1c(C(=O)N2CCN(C/C=C/c3ccccc3)CC2)cc2c(OCC)cccc21. The van der Waals surface area contributed by atoms with Crippen LogP contribution in [0.2, 0.25) is 0 Å². The molecule has 0 radical (unpaired) electrons. The first-order valence-corrected chi connectivity index (χ1v) is 11.3. The second kappa shape index (κ2) is 10.3. The molecule has 1 aromatic heterocycles. The van der Waals surface area contributed by atoms with Gasteiger partial charge in [-0.3, -0.25) is 9.69 Å². The number of aromatic nitrogens is 1. The zero-order chi connectivity index (χ0) is 22.3. The Balaban J connectivity index is 1.44. The smallest absolute Gasteiger partial charge is 0.270 e. The Bertz CT molecular complexity index is 1090. The number of fused-ring (bicyclic) bond motifs is 1. The van der Waals surface area contributed by atoms with E-state index < -0.39 is 0 Å². The van der Waals surface area contributed by atoms with Gasteiger partial charge in [-0.05, 0) is 30.7 Å². The number of benzene rings is 2. The van der Waals surface area contributed by atoms with Crippen molar-refractivity contribution in [3.8, 4) is 5.75 Å². The van der Waals surface area contributed by atoms with Gasteiger partial charge >= 0.3 is 0 Å². The molecule has 1 saturated heterocycles. The Labute approximate surface area is 190 Å². The zero-order valence-electron chi connectivity index (χ0n) is 18.7. The van der Waals surface area contributed by atoms with Crippen LogP contribution in [0.1, 0.15) is 23.0 Å². The minimum absolute atomic E-state index is 0.0741. The third-order valence-corrected chi connectivity index (χ3v) is 5.87. The molecule has 0 atom stereocenters. The first kappa shape index (κ1) is 21.9. The Morgan fingerprint density at radius 2 is 1.81 bits per heavy atom. The first-order chi connectivity index (χ1) is 15.7. The fraction of sp³-hybridized carbons (Fsp3) is 0.296. The number of piperazine rings is 1. The molecule has 1 aliphatic heterocycles. The van der Waals surface area contributed by atoms with Gasteiger partial charge in [0.05, 0.1) is 12.1 Å². The summed E-state index contributed by atoms with van der Waals surface area (Å²) in [5.41, 5.74) is 2.91. The van der Waals surface area contributed by atoms with Gasteiger partial charge in [0.2, 0.25) is 0 Å². The van der Waals surface area contributed by atoms with Crippen molar-refractivity contribution in [2.24, 2.45) is 0 Å². The number of amides is 1. The quantitative estimate of drug-likeness (QED) is 0.487. The molecule has 0 N–H and O–H groups in total. The largest absolute Gasteiger partial charge is 0.493 e. The van der Waals surface area contributed by atoms with Crippen molar-refractivity contribution in [3.05, 3.63) is 84.6 Å². The number of hydrogen-bond donors (Lipinski definition) is 0. The van der Waals surface area contributed by atoms with Gasteiger partial charge in [-0.2, -0.15) is 0 Å². The van der Waals surface area contributed by atoms with Crippen LogP contribution in [0.4, 0.5) is 0 Å². The number of carbonyl (C=O) groups is 1. The Hall–Kier alpha value is -3.31. The molecular weight excluding hydrogens is 398 g/mol. The molecule has 166 valence electrons. The van der Waals surface area contributed by atoms with Crippen molar-refractivity contribution in [1.29, 1.82) is 0 Å².